The predicted octanol–water partition coefficient (Wildman–Crippen LogP) is -0.347. The van der Waals surface area contributed by atoms with Crippen LogP contribution in [-0.2, 0) is 32.1 Å². The minimum Gasteiger partial charge on any atom is -0.507 e. The molecule has 1 saturated heterocycles. The lowest BCUT2D eigenvalue weighted by atomic mass is 9.52. The predicted molar refractivity (Wildman–Crippen MR) is 172 cm³/mol. The summed E-state index contributed by atoms with van der Waals surface area (Å²) in [4.78, 5) is 73.4. The Hall–Kier alpha value is -4.01. The zero-order valence-corrected chi connectivity index (χ0v) is 27.3. The normalized spacial score (nSPS) is 29.4. The van der Waals surface area contributed by atoms with Crippen molar-refractivity contribution in [2.45, 2.75) is 31.0 Å². The van der Waals surface area contributed by atoms with Gasteiger partial charge in [-0.1, -0.05) is 12.1 Å². The highest BCUT2D eigenvalue weighted by molar-refractivity contribution is 6.32. The number of benzene rings is 2. The van der Waals surface area contributed by atoms with Crippen molar-refractivity contribution in [1.29, 1.82) is 0 Å². The van der Waals surface area contributed by atoms with Crippen LogP contribution in [0.15, 0.2) is 30.3 Å². The number of aliphatic hydroxyl groups excluding tert-OH is 1. The number of carbonyl (C=O) groups is 5. The number of rotatable bonds is 8. The van der Waals surface area contributed by atoms with Crippen LogP contribution in [0, 0.1) is 23.7 Å². The van der Waals surface area contributed by atoms with Gasteiger partial charge in [-0.2, -0.15) is 0 Å². The van der Waals surface area contributed by atoms with Crippen molar-refractivity contribution >= 4 is 29.0 Å². The van der Waals surface area contributed by atoms with E-state index in [4.69, 9.17) is 10.5 Å². The van der Waals surface area contributed by atoms with Crippen molar-refractivity contribution < 1.29 is 44.0 Å². The summed E-state index contributed by atoms with van der Waals surface area (Å²) in [7, 11) is 4.72. The summed E-state index contributed by atoms with van der Waals surface area (Å²) in [5.41, 5.74) is 5.54. The van der Waals surface area contributed by atoms with Crippen molar-refractivity contribution in [3.8, 4) is 22.6 Å². The highest BCUT2D eigenvalue weighted by Gasteiger charge is 2.69. The number of aliphatic hydroxyl groups is 2. The van der Waals surface area contributed by atoms with Gasteiger partial charge in [0.25, 0.3) is 0 Å². The second-order valence-corrected chi connectivity index (χ2v) is 13.6. The smallest absolute Gasteiger partial charge is 0.235 e. The van der Waals surface area contributed by atoms with Crippen LogP contribution in [0.3, 0.4) is 0 Å². The van der Waals surface area contributed by atoms with E-state index in [0.717, 1.165) is 37.3 Å². The number of hydrogen-bond donors (Lipinski definition) is 4. The number of ketones is 4. The number of nitrogens with two attached hydrogens (primary N) is 1. The number of amides is 1. The Kier molecular flexibility index (Phi) is 9.02. The van der Waals surface area contributed by atoms with Crippen LogP contribution in [-0.4, -0.2) is 131 Å². The molecule has 5 N–H and O–H groups in total. The second-order valence-electron chi connectivity index (χ2n) is 13.6. The van der Waals surface area contributed by atoms with Gasteiger partial charge < -0.3 is 25.8 Å². The maximum Gasteiger partial charge on any atom is 0.235 e. The number of methoxy groups -OCH3 is 1. The fourth-order valence-electron chi connectivity index (χ4n) is 8.50. The summed E-state index contributed by atoms with van der Waals surface area (Å²) >= 11 is 0. The van der Waals surface area contributed by atoms with E-state index in [1.54, 1.807) is 27.3 Å². The molecule has 48 heavy (non-hydrogen) atoms. The fourth-order valence-corrected chi connectivity index (χ4v) is 8.50. The van der Waals surface area contributed by atoms with Gasteiger partial charge >= 0.3 is 0 Å². The lowest BCUT2D eigenvalue weighted by molar-refractivity contribution is -0.181. The maximum atomic E-state index is 14.2. The zero-order valence-electron chi connectivity index (χ0n) is 27.3. The molecule has 1 heterocycles. The number of β-amino-alcohol motifs (C(OH)–C–C–N with tert-alkyl or cyclic N) is 1. The molecule has 0 aromatic heterocycles. The highest BCUT2D eigenvalue weighted by atomic mass is 16.5. The number of nitrogens with zero attached hydrogens (tertiary/aromatic N) is 3. The van der Waals surface area contributed by atoms with Crippen LogP contribution in [0.4, 0.5) is 0 Å². The number of carbonyl (C=O) groups excluding carboxylic acids is 5. The maximum absolute atomic E-state index is 14.2. The van der Waals surface area contributed by atoms with Crippen molar-refractivity contribution in [1.82, 2.24) is 14.7 Å². The van der Waals surface area contributed by atoms with Crippen LogP contribution in [0.1, 0.15) is 27.9 Å². The van der Waals surface area contributed by atoms with Gasteiger partial charge in [-0.25, -0.2) is 0 Å². The van der Waals surface area contributed by atoms with Crippen molar-refractivity contribution in [3.05, 3.63) is 47.0 Å². The summed E-state index contributed by atoms with van der Waals surface area (Å²) in [6.07, 6.45) is 0.152. The molecule has 0 spiro atoms. The molecule has 256 valence electrons. The topological polar surface area (TPSA) is 191 Å². The quantitative estimate of drug-likeness (QED) is 0.269. The van der Waals surface area contributed by atoms with Gasteiger partial charge in [0.2, 0.25) is 5.91 Å². The molecular weight excluding hydrogens is 620 g/mol. The number of fused-ring (bicyclic) bond motifs is 3. The molecule has 1 amide bonds. The summed E-state index contributed by atoms with van der Waals surface area (Å²) in [6.45, 7) is 4.69. The Morgan fingerprint density at radius 2 is 1.73 bits per heavy atom. The molecule has 1 aliphatic heterocycles. The van der Waals surface area contributed by atoms with E-state index in [-0.39, 0.29) is 30.8 Å². The number of aromatic hydroxyl groups is 1. The monoisotopic (exact) mass is 662 g/mol. The zero-order chi connectivity index (χ0) is 34.7. The molecule has 0 bridgehead atoms. The van der Waals surface area contributed by atoms with Crippen molar-refractivity contribution in [2.24, 2.45) is 29.4 Å². The Labute approximate surface area is 278 Å². The van der Waals surface area contributed by atoms with E-state index in [1.165, 1.54) is 11.0 Å². The molecule has 13 heteroatoms. The standard InChI is InChI=1S/C35H42N4O9/c1-37(2)29-23-16-19-15-22-21(18-4-7-25(48-3)20(14-18)17-39-10-8-38(9-11-39)12-13-40)5-6-24(41)27(22)30(42)26(19)32(44)35(23,47)33(45)28(31(29)43)34(36)46/h4-7,14,19,23,26,28-29,40-41,47H,8-13,15-17H2,1-3H3,(H2,36,46)/t19-,23-,26?,28?,29-,35+/m1/s1. The number of phenolic OH excluding ortho intramolecular Hbond substituents is 1. The van der Waals surface area contributed by atoms with Crippen LogP contribution in [0.2, 0.25) is 0 Å². The molecule has 2 unspecified atom stereocenters. The Balaban J connectivity index is 1.37. The molecule has 0 radical (unpaired) electrons. The van der Waals surface area contributed by atoms with Crippen LogP contribution in [0.25, 0.3) is 11.1 Å². The van der Waals surface area contributed by atoms with Crippen LogP contribution >= 0.6 is 0 Å². The number of likely N-dealkylation sites (N-methyl/N-ethyl adjacent to an activating group) is 1. The number of ether oxygens (including phenoxy) is 1. The summed E-state index contributed by atoms with van der Waals surface area (Å²) in [5, 5.41) is 32.1. The summed E-state index contributed by atoms with van der Waals surface area (Å²) in [5.74, 6) is -10.1. The third-order valence-electron chi connectivity index (χ3n) is 10.8. The Morgan fingerprint density at radius 1 is 1.04 bits per heavy atom. The van der Waals surface area contributed by atoms with E-state index < -0.39 is 64.4 Å². The van der Waals surface area contributed by atoms with E-state index in [9.17, 15) is 39.3 Å². The van der Waals surface area contributed by atoms with Crippen LogP contribution in [0.5, 0.6) is 11.5 Å². The van der Waals surface area contributed by atoms with Gasteiger partial charge in [-0.3, -0.25) is 38.7 Å². The Morgan fingerprint density at radius 3 is 2.35 bits per heavy atom. The molecule has 13 nitrogen and oxygen atoms in total. The van der Waals surface area contributed by atoms with Gasteiger partial charge in [0, 0.05) is 50.7 Å². The molecule has 2 aromatic carbocycles. The Bertz CT molecular complexity index is 1680. The van der Waals surface area contributed by atoms with Gasteiger partial charge in [-0.15, -0.1) is 0 Å². The van der Waals surface area contributed by atoms with Gasteiger partial charge in [0.1, 0.15) is 11.5 Å². The molecule has 3 aliphatic carbocycles. The molecule has 2 aromatic rings. The third kappa shape index (κ3) is 5.34. The summed E-state index contributed by atoms with van der Waals surface area (Å²) < 4.78 is 5.68. The molecule has 2 saturated carbocycles. The van der Waals surface area contributed by atoms with E-state index in [2.05, 4.69) is 9.80 Å². The minimum absolute atomic E-state index is 0.0187. The average molecular weight is 663 g/mol. The number of Topliss-reactive ketones (excluding diaryl/α,β-unsaturated/α-hetero) is 4. The first-order chi connectivity index (χ1) is 22.8. The van der Waals surface area contributed by atoms with Crippen molar-refractivity contribution in [3.63, 3.8) is 0 Å². The lowest BCUT2D eigenvalue weighted by Gasteiger charge is -2.52. The number of phenols is 1. The molecule has 3 fully saturated rings. The van der Waals surface area contributed by atoms with Gasteiger partial charge in [0.05, 0.1) is 31.2 Å². The second kappa shape index (κ2) is 12.8. The summed E-state index contributed by atoms with van der Waals surface area (Å²) in [6, 6.07) is 7.70. The first-order valence-corrected chi connectivity index (χ1v) is 16.3. The highest BCUT2D eigenvalue weighted by Crippen LogP contribution is 2.52. The van der Waals surface area contributed by atoms with E-state index >= 15 is 0 Å². The number of hydrogen-bond acceptors (Lipinski definition) is 12. The van der Waals surface area contributed by atoms with E-state index in [0.29, 0.717) is 30.0 Å². The van der Waals surface area contributed by atoms with Gasteiger partial charge in [-0.05, 0) is 67.7 Å². The fraction of sp³-hybridized carbons (Fsp3) is 0.514. The third-order valence-corrected chi connectivity index (χ3v) is 10.8. The van der Waals surface area contributed by atoms with Crippen LogP contribution < -0.4 is 10.5 Å². The molecule has 4 aliphatic rings. The largest absolute Gasteiger partial charge is 0.507 e. The molecule has 6 atom stereocenters. The minimum atomic E-state index is -2.77. The first-order valence-electron chi connectivity index (χ1n) is 16.3. The van der Waals surface area contributed by atoms with Crippen molar-refractivity contribution in [2.75, 3.05) is 60.5 Å². The molecule has 6 rings (SSSR count). The lowest BCUT2D eigenvalue weighted by Crippen LogP contribution is -2.74. The number of primary amides is 1. The van der Waals surface area contributed by atoms with E-state index in [1.807, 2.05) is 18.2 Å². The average Bonchev–Trinajstić information content (AvgIpc) is 3.03. The van der Waals surface area contributed by atoms with Gasteiger partial charge in [0.15, 0.2) is 34.7 Å². The first kappa shape index (κ1) is 33.9. The SMILES string of the molecule is COc1ccc(-c2ccc(O)c3c2C[C@@H]2C[C@@H]4[C@@H](N(C)C)C(=O)C(C(N)=O)C(=O)[C@@]4(O)C(=O)C2C3=O)cc1CN1CCN(CCO)CC1. The molecular formula is C35H42N4O9. The number of piperazine rings is 1.